The summed E-state index contributed by atoms with van der Waals surface area (Å²) >= 11 is 0. The van der Waals surface area contributed by atoms with Gasteiger partial charge in [0.1, 0.15) is 11.4 Å². The Labute approximate surface area is 183 Å². The van der Waals surface area contributed by atoms with Gasteiger partial charge >= 0.3 is 5.97 Å². The van der Waals surface area contributed by atoms with Gasteiger partial charge in [0, 0.05) is 18.0 Å². The number of aliphatic carboxylic acids is 1. The highest BCUT2D eigenvalue weighted by Gasteiger charge is 2.54. The maximum absolute atomic E-state index is 12.0. The summed E-state index contributed by atoms with van der Waals surface area (Å²) in [4.78, 5) is 16.2. The van der Waals surface area contributed by atoms with Crippen LogP contribution in [0.2, 0.25) is 0 Å². The molecule has 2 fully saturated rings. The molecule has 2 saturated carbocycles. The van der Waals surface area contributed by atoms with Crippen LogP contribution in [0.1, 0.15) is 69.8 Å². The Balaban J connectivity index is 1.68. The van der Waals surface area contributed by atoms with Crippen LogP contribution in [0.25, 0.3) is 11.1 Å². The minimum absolute atomic E-state index is 0.321. The zero-order valence-electron chi connectivity index (χ0n) is 18.0. The van der Waals surface area contributed by atoms with Gasteiger partial charge in [-0.2, -0.15) is 0 Å². The monoisotopic (exact) mass is 421 g/mol. The first-order valence-corrected chi connectivity index (χ1v) is 11.8. The normalized spacial score (nSPS) is 24.2. The summed E-state index contributed by atoms with van der Waals surface area (Å²) in [7, 11) is 0. The van der Waals surface area contributed by atoms with Crippen LogP contribution >= 0.6 is 0 Å². The molecule has 2 aliphatic carbocycles. The molecule has 2 aromatic rings. The van der Waals surface area contributed by atoms with Crippen molar-refractivity contribution in [2.45, 2.75) is 76.1 Å². The number of benzene rings is 1. The molecule has 164 valence electrons. The number of aromatic nitrogens is 1. The molecule has 5 heteroatoms. The van der Waals surface area contributed by atoms with Crippen molar-refractivity contribution in [2.24, 2.45) is 11.8 Å². The predicted octanol–water partition coefficient (Wildman–Crippen LogP) is 5.92. The SMILES string of the molecule is O=C(O)C1Oc2ccc(-c3ccncc3)cc2C(C2CCCCC2)(C2CCCCC2)O1. The van der Waals surface area contributed by atoms with E-state index in [2.05, 4.69) is 11.1 Å². The number of carboxylic acids is 1. The Kier molecular flexibility index (Phi) is 5.70. The number of nitrogens with zero attached hydrogens (tertiary/aromatic N) is 1. The molecule has 0 saturated heterocycles. The second-order valence-electron chi connectivity index (χ2n) is 9.32. The fourth-order valence-corrected chi connectivity index (χ4v) is 6.17. The molecule has 1 unspecified atom stereocenters. The molecule has 1 aromatic heterocycles. The summed E-state index contributed by atoms with van der Waals surface area (Å²) in [5.41, 5.74) is 2.65. The first-order valence-electron chi connectivity index (χ1n) is 11.8. The molecule has 0 bridgehead atoms. The van der Waals surface area contributed by atoms with Crippen LogP contribution in [0.5, 0.6) is 5.75 Å². The molecule has 31 heavy (non-hydrogen) atoms. The summed E-state index contributed by atoms with van der Waals surface area (Å²) in [6.07, 6.45) is 13.9. The van der Waals surface area contributed by atoms with E-state index in [0.717, 1.165) is 42.4 Å². The molecule has 1 aliphatic heterocycles. The Bertz CT molecular complexity index is 898. The lowest BCUT2D eigenvalue weighted by molar-refractivity contribution is -0.252. The number of fused-ring (bicyclic) bond motifs is 1. The van der Waals surface area contributed by atoms with E-state index in [-0.39, 0.29) is 0 Å². The third-order valence-corrected chi connectivity index (χ3v) is 7.58. The second-order valence-corrected chi connectivity index (χ2v) is 9.32. The maximum Gasteiger partial charge on any atom is 0.373 e. The highest BCUT2D eigenvalue weighted by atomic mass is 16.7. The van der Waals surface area contributed by atoms with Crippen molar-refractivity contribution in [1.29, 1.82) is 0 Å². The lowest BCUT2D eigenvalue weighted by atomic mass is 9.62. The second kappa shape index (κ2) is 8.62. The molecule has 1 atom stereocenters. The highest BCUT2D eigenvalue weighted by molar-refractivity contribution is 5.73. The van der Waals surface area contributed by atoms with E-state index in [1.807, 2.05) is 24.3 Å². The van der Waals surface area contributed by atoms with Crippen LogP contribution in [0.4, 0.5) is 0 Å². The Hall–Kier alpha value is -2.40. The number of pyridine rings is 1. The van der Waals surface area contributed by atoms with Gasteiger partial charge in [-0.1, -0.05) is 44.6 Å². The van der Waals surface area contributed by atoms with Crippen molar-refractivity contribution in [1.82, 2.24) is 4.98 Å². The first kappa shape index (κ1) is 20.5. The topological polar surface area (TPSA) is 68.7 Å². The van der Waals surface area contributed by atoms with Crippen molar-refractivity contribution in [2.75, 3.05) is 0 Å². The average molecular weight is 422 g/mol. The minimum Gasteiger partial charge on any atom is -0.477 e. The molecule has 0 radical (unpaired) electrons. The molecule has 0 spiro atoms. The summed E-state index contributed by atoms with van der Waals surface area (Å²) in [6, 6.07) is 10.2. The number of hydrogen-bond donors (Lipinski definition) is 1. The molecule has 0 amide bonds. The van der Waals surface area contributed by atoms with Gasteiger partial charge in [-0.25, -0.2) is 4.79 Å². The van der Waals surface area contributed by atoms with E-state index >= 15 is 0 Å². The van der Waals surface area contributed by atoms with Gasteiger partial charge in [0.25, 0.3) is 6.29 Å². The average Bonchev–Trinajstić information content (AvgIpc) is 2.84. The van der Waals surface area contributed by atoms with E-state index < -0.39 is 17.9 Å². The standard InChI is InChI=1S/C26H31NO4/c28-24(29)25-30-23-12-11-19(18-13-15-27-16-14-18)17-22(23)26(31-25,20-7-3-1-4-8-20)21-9-5-2-6-10-21/h11-17,20-21,25H,1-10H2,(H,28,29). The van der Waals surface area contributed by atoms with E-state index in [4.69, 9.17) is 9.47 Å². The van der Waals surface area contributed by atoms with Crippen LogP contribution in [0, 0.1) is 11.8 Å². The van der Waals surface area contributed by atoms with Gasteiger partial charge in [0.2, 0.25) is 0 Å². The summed E-state index contributed by atoms with van der Waals surface area (Å²) in [6.45, 7) is 0. The van der Waals surface area contributed by atoms with Crippen molar-refractivity contribution >= 4 is 5.97 Å². The zero-order valence-corrected chi connectivity index (χ0v) is 18.0. The van der Waals surface area contributed by atoms with Gasteiger partial charge < -0.3 is 14.6 Å². The van der Waals surface area contributed by atoms with Crippen molar-refractivity contribution in [3.63, 3.8) is 0 Å². The molecule has 2 heterocycles. The third-order valence-electron chi connectivity index (χ3n) is 7.58. The zero-order chi connectivity index (χ0) is 21.3. The molecule has 5 nitrogen and oxygen atoms in total. The first-order chi connectivity index (χ1) is 15.2. The van der Waals surface area contributed by atoms with Crippen LogP contribution in [-0.4, -0.2) is 22.3 Å². The van der Waals surface area contributed by atoms with E-state index in [1.165, 1.54) is 38.5 Å². The number of carboxylic acid groups (broad SMARTS) is 1. The van der Waals surface area contributed by atoms with Gasteiger partial charge in [0.15, 0.2) is 0 Å². The van der Waals surface area contributed by atoms with E-state index in [9.17, 15) is 9.90 Å². The highest BCUT2D eigenvalue weighted by Crippen LogP contribution is 2.56. The van der Waals surface area contributed by atoms with Crippen LogP contribution in [0.3, 0.4) is 0 Å². The van der Waals surface area contributed by atoms with Crippen LogP contribution < -0.4 is 4.74 Å². The number of hydrogen-bond acceptors (Lipinski definition) is 4. The molecule has 1 aromatic carbocycles. The fourth-order valence-electron chi connectivity index (χ4n) is 6.17. The van der Waals surface area contributed by atoms with E-state index in [1.54, 1.807) is 12.4 Å². The molecule has 1 N–H and O–H groups in total. The summed E-state index contributed by atoms with van der Waals surface area (Å²) in [5.74, 6) is 0.274. The minimum atomic E-state index is -1.25. The Morgan fingerprint density at radius 1 is 0.871 bits per heavy atom. The third kappa shape index (κ3) is 3.73. The van der Waals surface area contributed by atoms with Gasteiger partial charge in [-0.05, 0) is 72.9 Å². The molecular formula is C26H31NO4. The smallest absolute Gasteiger partial charge is 0.373 e. The quantitative estimate of drug-likeness (QED) is 0.663. The molecular weight excluding hydrogens is 390 g/mol. The van der Waals surface area contributed by atoms with Gasteiger partial charge in [0.05, 0.1) is 0 Å². The summed E-state index contributed by atoms with van der Waals surface area (Å²) < 4.78 is 12.5. The molecule has 3 aliphatic rings. The number of ether oxygens (including phenoxy) is 2. The van der Waals surface area contributed by atoms with Crippen molar-refractivity contribution in [3.05, 3.63) is 48.3 Å². The van der Waals surface area contributed by atoms with Crippen molar-refractivity contribution < 1.29 is 19.4 Å². The van der Waals surface area contributed by atoms with Gasteiger partial charge in [-0.3, -0.25) is 4.98 Å². The Morgan fingerprint density at radius 2 is 1.48 bits per heavy atom. The van der Waals surface area contributed by atoms with Crippen LogP contribution in [0.15, 0.2) is 42.7 Å². The van der Waals surface area contributed by atoms with E-state index in [0.29, 0.717) is 17.6 Å². The number of carbonyl (C=O) groups is 1. The summed E-state index contributed by atoms with van der Waals surface area (Å²) in [5, 5.41) is 9.87. The van der Waals surface area contributed by atoms with Crippen molar-refractivity contribution in [3.8, 4) is 16.9 Å². The van der Waals surface area contributed by atoms with Crippen LogP contribution in [-0.2, 0) is 15.1 Å². The Morgan fingerprint density at radius 3 is 2.06 bits per heavy atom. The fraction of sp³-hybridized carbons (Fsp3) is 0.538. The number of rotatable bonds is 4. The molecule has 5 rings (SSSR count). The lowest BCUT2D eigenvalue weighted by Crippen LogP contribution is -2.54. The lowest BCUT2D eigenvalue weighted by Gasteiger charge is -2.52. The maximum atomic E-state index is 12.0. The largest absolute Gasteiger partial charge is 0.477 e. The van der Waals surface area contributed by atoms with Gasteiger partial charge in [-0.15, -0.1) is 0 Å². The predicted molar refractivity (Wildman–Crippen MR) is 118 cm³/mol.